The Morgan fingerprint density at radius 1 is 1.13 bits per heavy atom. The summed E-state index contributed by atoms with van der Waals surface area (Å²) in [5, 5.41) is 7.79. The molecule has 1 saturated carbocycles. The summed E-state index contributed by atoms with van der Waals surface area (Å²) in [4.78, 5) is 22.4. The van der Waals surface area contributed by atoms with Crippen molar-refractivity contribution in [1.82, 2.24) is 29.5 Å². The van der Waals surface area contributed by atoms with E-state index in [1.54, 1.807) is 0 Å². The highest BCUT2D eigenvalue weighted by molar-refractivity contribution is 5.93. The molecule has 4 heterocycles. The van der Waals surface area contributed by atoms with E-state index in [4.69, 9.17) is 4.98 Å². The zero-order chi connectivity index (χ0) is 21.0. The third-order valence-electron chi connectivity index (χ3n) is 7.22. The van der Waals surface area contributed by atoms with Crippen molar-refractivity contribution in [3.8, 4) is 0 Å². The summed E-state index contributed by atoms with van der Waals surface area (Å²) in [7, 11) is 1.93. The lowest BCUT2D eigenvalue weighted by Crippen LogP contribution is -2.61. The van der Waals surface area contributed by atoms with Crippen molar-refractivity contribution in [3.63, 3.8) is 0 Å². The van der Waals surface area contributed by atoms with Gasteiger partial charge in [-0.15, -0.1) is 0 Å². The van der Waals surface area contributed by atoms with Crippen molar-refractivity contribution >= 4 is 5.91 Å². The van der Waals surface area contributed by atoms with E-state index in [1.165, 1.54) is 18.4 Å². The first-order valence-electron chi connectivity index (χ1n) is 11.2. The Hall–Kier alpha value is -2.93. The van der Waals surface area contributed by atoms with E-state index in [2.05, 4.69) is 45.4 Å². The van der Waals surface area contributed by atoms with Crippen LogP contribution in [0, 0.1) is 5.41 Å². The number of hydrogen-bond acceptors (Lipinski definition) is 4. The first kappa shape index (κ1) is 18.8. The van der Waals surface area contributed by atoms with Gasteiger partial charge in [-0.2, -0.15) is 5.10 Å². The molecule has 1 aliphatic carbocycles. The third kappa shape index (κ3) is 3.28. The lowest BCUT2D eigenvalue weighted by molar-refractivity contribution is 0.00111. The molecule has 3 fully saturated rings. The monoisotopic (exact) mass is 416 g/mol. The molecule has 31 heavy (non-hydrogen) atoms. The molecule has 1 amide bonds. The van der Waals surface area contributed by atoms with Gasteiger partial charge in [-0.05, 0) is 30.5 Å². The second-order valence-corrected chi connectivity index (χ2v) is 9.59. The van der Waals surface area contributed by atoms with Crippen LogP contribution in [-0.4, -0.2) is 61.6 Å². The second-order valence-electron chi connectivity index (χ2n) is 9.59. The van der Waals surface area contributed by atoms with Gasteiger partial charge in [0.1, 0.15) is 11.5 Å². The van der Waals surface area contributed by atoms with E-state index in [0.29, 0.717) is 5.92 Å². The summed E-state index contributed by atoms with van der Waals surface area (Å²) >= 11 is 0. The molecule has 3 aromatic rings. The van der Waals surface area contributed by atoms with Crippen LogP contribution in [0.5, 0.6) is 0 Å². The van der Waals surface area contributed by atoms with Crippen molar-refractivity contribution < 1.29 is 4.79 Å². The van der Waals surface area contributed by atoms with E-state index in [0.717, 1.165) is 50.1 Å². The maximum Gasteiger partial charge on any atom is 0.270 e. The van der Waals surface area contributed by atoms with E-state index in [-0.39, 0.29) is 17.2 Å². The topological polar surface area (TPSA) is 70.1 Å². The van der Waals surface area contributed by atoms with Gasteiger partial charge in [-0.3, -0.25) is 14.8 Å². The Balaban J connectivity index is 1.24. The normalized spacial score (nSPS) is 22.7. The summed E-state index contributed by atoms with van der Waals surface area (Å²) in [6.07, 6.45) is 4.33. The Bertz CT molecular complexity index is 1090. The number of carbonyl (C=O) groups is 1. The van der Waals surface area contributed by atoms with E-state index in [1.807, 2.05) is 34.8 Å². The Morgan fingerprint density at radius 3 is 2.65 bits per heavy atom. The number of nitrogens with zero attached hydrogens (tertiary/aromatic N) is 5. The molecule has 7 nitrogen and oxygen atoms in total. The molecule has 6 rings (SSSR count). The van der Waals surface area contributed by atoms with Crippen LogP contribution >= 0.6 is 0 Å². The first-order valence-corrected chi connectivity index (χ1v) is 11.2. The van der Waals surface area contributed by atoms with Crippen LogP contribution in [0.4, 0.5) is 0 Å². The molecule has 160 valence electrons. The molecule has 7 heteroatoms. The minimum Gasteiger partial charge on any atom is -0.347 e. The first-order chi connectivity index (χ1) is 15.1. The summed E-state index contributed by atoms with van der Waals surface area (Å²) in [5.74, 6) is 2.91. The van der Waals surface area contributed by atoms with Crippen molar-refractivity contribution in [2.75, 3.05) is 26.2 Å². The van der Waals surface area contributed by atoms with Gasteiger partial charge in [0.2, 0.25) is 0 Å². The van der Waals surface area contributed by atoms with Crippen molar-refractivity contribution in [3.05, 3.63) is 71.6 Å². The van der Waals surface area contributed by atoms with Gasteiger partial charge in [0.25, 0.3) is 5.91 Å². The Kier molecular flexibility index (Phi) is 4.28. The van der Waals surface area contributed by atoms with E-state index in [9.17, 15) is 4.79 Å². The Morgan fingerprint density at radius 2 is 1.94 bits per heavy atom. The van der Waals surface area contributed by atoms with Crippen LogP contribution in [0.25, 0.3) is 0 Å². The number of hydrogen-bond donors (Lipinski definition) is 1. The molecular weight excluding hydrogens is 388 g/mol. The fourth-order valence-electron chi connectivity index (χ4n) is 5.40. The summed E-state index contributed by atoms with van der Waals surface area (Å²) in [6.45, 7) is 4.39. The SMILES string of the molecule is Cn1cccc1C(=O)N1CC2(CN(Cc3ccccc3)CC2c2nc(C3CC3)n[nH]2)C1. The molecule has 1 N–H and O–H groups in total. The molecule has 2 aromatic heterocycles. The number of aryl methyl sites for hydroxylation is 1. The molecule has 1 atom stereocenters. The summed E-state index contributed by atoms with van der Waals surface area (Å²) in [5.41, 5.74) is 2.11. The molecule has 2 saturated heterocycles. The van der Waals surface area contributed by atoms with Crippen LogP contribution in [-0.2, 0) is 13.6 Å². The van der Waals surface area contributed by atoms with E-state index >= 15 is 0 Å². The van der Waals surface area contributed by atoms with Crippen LogP contribution in [0.15, 0.2) is 48.7 Å². The second kappa shape index (κ2) is 7.05. The lowest BCUT2D eigenvalue weighted by Gasteiger charge is -2.50. The number of amides is 1. The Labute approximate surface area is 182 Å². The highest BCUT2D eigenvalue weighted by Gasteiger charge is 2.57. The van der Waals surface area contributed by atoms with Crippen LogP contribution in [0.1, 0.15) is 52.4 Å². The number of aromatic nitrogens is 4. The largest absolute Gasteiger partial charge is 0.347 e. The molecule has 1 aromatic carbocycles. The van der Waals surface area contributed by atoms with Crippen LogP contribution in [0.2, 0.25) is 0 Å². The minimum atomic E-state index is 0.0377. The van der Waals surface area contributed by atoms with Gasteiger partial charge < -0.3 is 9.47 Å². The number of aromatic amines is 1. The highest BCUT2D eigenvalue weighted by atomic mass is 16.2. The average Bonchev–Trinajstić information content (AvgIpc) is 3.15. The number of likely N-dealkylation sites (tertiary alicyclic amines) is 2. The highest BCUT2D eigenvalue weighted by Crippen LogP contribution is 2.49. The molecule has 0 radical (unpaired) electrons. The zero-order valence-electron chi connectivity index (χ0n) is 17.9. The van der Waals surface area contributed by atoms with Crippen molar-refractivity contribution in [2.24, 2.45) is 12.5 Å². The smallest absolute Gasteiger partial charge is 0.270 e. The van der Waals surface area contributed by atoms with Crippen LogP contribution < -0.4 is 0 Å². The molecule has 1 unspecified atom stereocenters. The number of H-pyrrole nitrogens is 1. The maximum absolute atomic E-state index is 13.0. The van der Waals surface area contributed by atoms with Gasteiger partial charge in [-0.25, -0.2) is 4.98 Å². The van der Waals surface area contributed by atoms with Crippen LogP contribution in [0.3, 0.4) is 0 Å². The number of carbonyl (C=O) groups excluding carboxylic acids is 1. The van der Waals surface area contributed by atoms with Gasteiger partial charge in [0, 0.05) is 63.2 Å². The van der Waals surface area contributed by atoms with Gasteiger partial charge in [0.15, 0.2) is 5.82 Å². The predicted molar refractivity (Wildman–Crippen MR) is 117 cm³/mol. The maximum atomic E-state index is 13.0. The standard InChI is InChI=1S/C24H28N6O/c1-28-11-5-8-20(28)23(31)30-15-24(16-30)14-29(12-17-6-3-2-4-7-17)13-19(24)22-25-21(26-27-22)18-9-10-18/h2-8,11,18-19H,9-10,12-16H2,1H3,(H,25,26,27). The van der Waals surface area contributed by atoms with Gasteiger partial charge in [0.05, 0.1) is 0 Å². The molecular formula is C24H28N6O. The fraction of sp³-hybridized carbons (Fsp3) is 0.458. The summed E-state index contributed by atoms with van der Waals surface area (Å²) < 4.78 is 1.90. The average molecular weight is 417 g/mol. The van der Waals surface area contributed by atoms with E-state index < -0.39 is 0 Å². The number of rotatable bonds is 5. The molecule has 1 spiro atoms. The van der Waals surface area contributed by atoms with Crippen molar-refractivity contribution in [1.29, 1.82) is 0 Å². The predicted octanol–water partition coefficient (Wildman–Crippen LogP) is 2.76. The fourth-order valence-corrected chi connectivity index (χ4v) is 5.40. The molecule has 3 aliphatic rings. The third-order valence-corrected chi connectivity index (χ3v) is 7.22. The van der Waals surface area contributed by atoms with Gasteiger partial charge in [-0.1, -0.05) is 30.3 Å². The molecule has 0 bridgehead atoms. The van der Waals surface area contributed by atoms with Gasteiger partial charge >= 0.3 is 0 Å². The summed E-state index contributed by atoms with van der Waals surface area (Å²) in [6, 6.07) is 14.5. The quantitative estimate of drug-likeness (QED) is 0.694. The number of nitrogens with one attached hydrogen (secondary N) is 1. The lowest BCUT2D eigenvalue weighted by atomic mass is 9.71. The minimum absolute atomic E-state index is 0.0377. The molecule has 2 aliphatic heterocycles. The van der Waals surface area contributed by atoms with Crippen molar-refractivity contribution in [2.45, 2.75) is 31.2 Å². The zero-order valence-corrected chi connectivity index (χ0v) is 17.9. The number of benzene rings is 1.